The molecule has 0 radical (unpaired) electrons. The molecule has 1 unspecified atom stereocenters. The number of benzene rings is 1. The predicted molar refractivity (Wildman–Crippen MR) is 81.9 cm³/mol. The molecule has 9 heteroatoms. The molecule has 3 aromatic rings. The first-order chi connectivity index (χ1) is 11.8. The molecule has 1 amide bonds. The van der Waals surface area contributed by atoms with Gasteiger partial charge < -0.3 is 14.8 Å². The number of hydrogen-bond acceptors (Lipinski definition) is 7. The summed E-state index contributed by atoms with van der Waals surface area (Å²) in [5, 5.41) is 6.67. The molecule has 24 heavy (non-hydrogen) atoms. The van der Waals surface area contributed by atoms with Crippen molar-refractivity contribution in [2.24, 2.45) is 0 Å². The second-order valence-electron chi connectivity index (χ2n) is 4.95. The van der Waals surface area contributed by atoms with E-state index >= 15 is 0 Å². The zero-order valence-electron chi connectivity index (χ0n) is 12.4. The van der Waals surface area contributed by atoms with Crippen LogP contribution in [0.2, 0.25) is 0 Å². The normalized spacial score (nSPS) is 15.8. The Hall–Kier alpha value is -3.49. The van der Waals surface area contributed by atoms with Crippen LogP contribution in [-0.4, -0.2) is 43.4 Å². The van der Waals surface area contributed by atoms with E-state index in [1.165, 1.54) is 23.7 Å². The van der Waals surface area contributed by atoms with E-state index in [1.54, 1.807) is 18.2 Å². The minimum atomic E-state index is -0.760. The molecular formula is C15H12N6O3. The molecule has 0 saturated carbocycles. The number of carbonyl (C=O) groups excluding carboxylic acids is 1. The van der Waals surface area contributed by atoms with Crippen molar-refractivity contribution < 1.29 is 14.3 Å². The van der Waals surface area contributed by atoms with Gasteiger partial charge in [0.15, 0.2) is 17.3 Å². The van der Waals surface area contributed by atoms with Crippen molar-refractivity contribution in [3.63, 3.8) is 0 Å². The Labute approximate surface area is 136 Å². The maximum absolute atomic E-state index is 12.4. The van der Waals surface area contributed by atoms with Gasteiger partial charge in [-0.15, -0.1) is 0 Å². The highest BCUT2D eigenvalue weighted by Crippen LogP contribution is 2.31. The van der Waals surface area contributed by atoms with Gasteiger partial charge in [0, 0.05) is 6.07 Å². The zero-order chi connectivity index (χ0) is 16.4. The van der Waals surface area contributed by atoms with Crippen molar-refractivity contribution in [1.82, 2.24) is 24.7 Å². The van der Waals surface area contributed by atoms with Crippen molar-refractivity contribution in [2.75, 3.05) is 11.9 Å². The SMILES string of the molecule is O=C(Nc1cc(-n2cncn2)ncn1)C1COc2ccccc2O1. The second-order valence-corrected chi connectivity index (χ2v) is 4.95. The summed E-state index contributed by atoms with van der Waals surface area (Å²) in [5.74, 6) is 1.63. The van der Waals surface area contributed by atoms with Crippen LogP contribution in [0.4, 0.5) is 5.82 Å². The molecule has 1 aromatic carbocycles. The van der Waals surface area contributed by atoms with E-state index in [4.69, 9.17) is 9.47 Å². The molecule has 0 spiro atoms. The van der Waals surface area contributed by atoms with Crippen LogP contribution in [0.15, 0.2) is 49.3 Å². The molecule has 1 aliphatic rings. The Bertz CT molecular complexity index is 867. The second kappa shape index (κ2) is 5.95. The third kappa shape index (κ3) is 2.74. The minimum Gasteiger partial charge on any atom is -0.485 e. The van der Waals surface area contributed by atoms with Gasteiger partial charge >= 0.3 is 0 Å². The number of rotatable bonds is 3. The van der Waals surface area contributed by atoms with E-state index < -0.39 is 6.10 Å². The number of fused-ring (bicyclic) bond motifs is 1. The number of aromatic nitrogens is 5. The van der Waals surface area contributed by atoms with Crippen LogP contribution >= 0.6 is 0 Å². The Morgan fingerprint density at radius 2 is 2.08 bits per heavy atom. The van der Waals surface area contributed by atoms with Crippen molar-refractivity contribution in [1.29, 1.82) is 0 Å². The van der Waals surface area contributed by atoms with Crippen molar-refractivity contribution in [3.8, 4) is 17.3 Å². The average Bonchev–Trinajstić information content (AvgIpc) is 3.16. The summed E-state index contributed by atoms with van der Waals surface area (Å²) in [4.78, 5) is 24.3. The Kier molecular flexibility index (Phi) is 3.50. The third-order valence-corrected chi connectivity index (χ3v) is 3.36. The van der Waals surface area contributed by atoms with Gasteiger partial charge in [-0.3, -0.25) is 4.79 Å². The molecule has 0 aliphatic carbocycles. The summed E-state index contributed by atoms with van der Waals surface area (Å²) in [6.07, 6.45) is 3.47. The summed E-state index contributed by atoms with van der Waals surface area (Å²) < 4.78 is 12.7. The van der Waals surface area contributed by atoms with Gasteiger partial charge in [-0.25, -0.2) is 19.6 Å². The molecule has 3 heterocycles. The zero-order valence-corrected chi connectivity index (χ0v) is 12.4. The van der Waals surface area contributed by atoms with E-state index in [1.807, 2.05) is 12.1 Å². The molecule has 9 nitrogen and oxygen atoms in total. The lowest BCUT2D eigenvalue weighted by molar-refractivity contribution is -0.125. The molecule has 2 aromatic heterocycles. The molecule has 1 atom stereocenters. The third-order valence-electron chi connectivity index (χ3n) is 3.36. The summed E-state index contributed by atoms with van der Waals surface area (Å²) in [7, 11) is 0. The topological polar surface area (TPSA) is 104 Å². The van der Waals surface area contributed by atoms with E-state index in [0.717, 1.165) is 0 Å². The van der Waals surface area contributed by atoms with Crippen molar-refractivity contribution in [2.45, 2.75) is 6.10 Å². The first-order valence-electron chi connectivity index (χ1n) is 7.16. The van der Waals surface area contributed by atoms with Gasteiger partial charge in [0.25, 0.3) is 5.91 Å². The molecule has 4 rings (SSSR count). The molecule has 0 saturated heterocycles. The Morgan fingerprint density at radius 1 is 1.21 bits per heavy atom. The van der Waals surface area contributed by atoms with Gasteiger partial charge in [0.1, 0.15) is 31.4 Å². The lowest BCUT2D eigenvalue weighted by Crippen LogP contribution is -2.40. The van der Waals surface area contributed by atoms with Crippen LogP contribution in [0, 0.1) is 0 Å². The van der Waals surface area contributed by atoms with Crippen LogP contribution in [0.1, 0.15) is 0 Å². The highest BCUT2D eigenvalue weighted by molar-refractivity contribution is 5.94. The number of amides is 1. The summed E-state index contributed by atoms with van der Waals surface area (Å²) in [5.41, 5.74) is 0. The number of nitrogens with one attached hydrogen (secondary N) is 1. The van der Waals surface area contributed by atoms with Crippen molar-refractivity contribution >= 4 is 11.7 Å². The lowest BCUT2D eigenvalue weighted by atomic mass is 10.2. The van der Waals surface area contributed by atoms with Gasteiger partial charge in [-0.1, -0.05) is 12.1 Å². The number of hydrogen-bond donors (Lipinski definition) is 1. The van der Waals surface area contributed by atoms with Gasteiger partial charge in [0.2, 0.25) is 6.10 Å². The number of carbonyl (C=O) groups is 1. The summed E-state index contributed by atoms with van der Waals surface area (Å²) >= 11 is 0. The monoisotopic (exact) mass is 324 g/mol. The molecule has 0 fully saturated rings. The smallest absolute Gasteiger partial charge is 0.270 e. The molecule has 0 bridgehead atoms. The average molecular weight is 324 g/mol. The number of ether oxygens (including phenoxy) is 2. The predicted octanol–water partition coefficient (Wildman–Crippen LogP) is 0.836. The first kappa shape index (κ1) is 14.1. The van der Waals surface area contributed by atoms with Crippen LogP contribution in [0.5, 0.6) is 11.5 Å². The Balaban J connectivity index is 1.48. The fraction of sp³-hybridized carbons (Fsp3) is 0.133. The minimum absolute atomic E-state index is 0.129. The molecule has 120 valence electrons. The van der Waals surface area contributed by atoms with E-state index in [2.05, 4.69) is 25.4 Å². The first-order valence-corrected chi connectivity index (χ1v) is 7.16. The van der Waals surface area contributed by atoms with Gasteiger partial charge in [-0.2, -0.15) is 5.10 Å². The largest absolute Gasteiger partial charge is 0.485 e. The molecular weight excluding hydrogens is 312 g/mol. The van der Waals surface area contributed by atoms with Gasteiger partial charge in [-0.05, 0) is 12.1 Å². The highest BCUT2D eigenvalue weighted by atomic mass is 16.6. The number of nitrogens with zero attached hydrogens (tertiary/aromatic N) is 5. The maximum Gasteiger partial charge on any atom is 0.270 e. The summed E-state index contributed by atoms with van der Waals surface area (Å²) in [6, 6.07) is 8.79. The lowest BCUT2D eigenvalue weighted by Gasteiger charge is -2.25. The van der Waals surface area contributed by atoms with Gasteiger partial charge in [0.05, 0.1) is 0 Å². The number of para-hydroxylation sites is 2. The quantitative estimate of drug-likeness (QED) is 0.761. The van der Waals surface area contributed by atoms with Crippen LogP contribution in [0.3, 0.4) is 0 Å². The maximum atomic E-state index is 12.4. The summed E-state index contributed by atoms with van der Waals surface area (Å²) in [6.45, 7) is 0.129. The fourth-order valence-corrected chi connectivity index (χ4v) is 2.22. The fourth-order valence-electron chi connectivity index (χ4n) is 2.22. The standard InChI is InChI=1S/C15H12N6O3/c22-15(12-6-23-10-3-1-2-4-11(10)24-12)20-13-5-14(18-8-17-13)21-9-16-7-19-21/h1-5,7-9,12H,6H2,(H,17,18,20,22). The Morgan fingerprint density at radius 3 is 2.92 bits per heavy atom. The van der Waals surface area contributed by atoms with E-state index in [0.29, 0.717) is 23.1 Å². The van der Waals surface area contributed by atoms with Crippen LogP contribution < -0.4 is 14.8 Å². The highest BCUT2D eigenvalue weighted by Gasteiger charge is 2.27. The van der Waals surface area contributed by atoms with E-state index in [9.17, 15) is 4.79 Å². The molecule has 1 aliphatic heterocycles. The van der Waals surface area contributed by atoms with Crippen LogP contribution in [0.25, 0.3) is 5.82 Å². The number of anilines is 1. The molecule has 1 N–H and O–H groups in total. The van der Waals surface area contributed by atoms with Crippen molar-refractivity contribution in [3.05, 3.63) is 49.3 Å². The van der Waals surface area contributed by atoms with Crippen LogP contribution in [-0.2, 0) is 4.79 Å². The van der Waals surface area contributed by atoms with E-state index in [-0.39, 0.29) is 12.5 Å².